The quantitative estimate of drug-likeness (QED) is 0.733. The number of benzene rings is 1. The molecule has 2 heterocycles. The van der Waals surface area contributed by atoms with Gasteiger partial charge in [0.25, 0.3) is 10.0 Å². The molecule has 22 heavy (non-hydrogen) atoms. The standard InChI is InChI=1S/C13H8ClFN2O2S3/c14-8-3-4-12(9(15)6-8)22(18,19)17-13-16-10(7-21-13)11-2-1-5-20-11/h1-7H,(H,16,17). The van der Waals surface area contributed by atoms with Gasteiger partial charge in [-0.25, -0.2) is 17.8 Å². The van der Waals surface area contributed by atoms with Crippen molar-refractivity contribution in [3.8, 4) is 10.6 Å². The molecule has 0 spiro atoms. The van der Waals surface area contributed by atoms with Crippen molar-refractivity contribution in [1.82, 2.24) is 4.98 Å². The normalized spacial score (nSPS) is 11.5. The van der Waals surface area contributed by atoms with Crippen LogP contribution in [0.4, 0.5) is 9.52 Å². The van der Waals surface area contributed by atoms with Gasteiger partial charge in [-0.2, -0.15) is 0 Å². The van der Waals surface area contributed by atoms with Crippen LogP contribution in [-0.2, 0) is 10.0 Å². The highest BCUT2D eigenvalue weighted by Crippen LogP contribution is 2.30. The number of hydrogen-bond acceptors (Lipinski definition) is 5. The van der Waals surface area contributed by atoms with Crippen LogP contribution in [0.25, 0.3) is 10.6 Å². The van der Waals surface area contributed by atoms with Gasteiger partial charge in [0.2, 0.25) is 0 Å². The zero-order valence-corrected chi connectivity index (χ0v) is 14.0. The van der Waals surface area contributed by atoms with Crippen molar-refractivity contribution >= 4 is 49.4 Å². The van der Waals surface area contributed by atoms with E-state index < -0.39 is 20.7 Å². The number of sulfonamides is 1. The number of nitrogens with one attached hydrogen (secondary N) is 1. The second-order valence-electron chi connectivity index (χ2n) is 4.20. The lowest BCUT2D eigenvalue weighted by atomic mass is 10.3. The molecule has 0 fully saturated rings. The molecule has 0 unspecified atom stereocenters. The molecule has 1 N–H and O–H groups in total. The van der Waals surface area contributed by atoms with Crippen molar-refractivity contribution in [3.05, 3.63) is 51.9 Å². The first kappa shape index (κ1) is 15.4. The molecule has 0 saturated carbocycles. The van der Waals surface area contributed by atoms with Crippen LogP contribution in [0.3, 0.4) is 0 Å². The summed E-state index contributed by atoms with van der Waals surface area (Å²) in [6, 6.07) is 7.16. The van der Waals surface area contributed by atoms with E-state index in [-0.39, 0.29) is 10.2 Å². The van der Waals surface area contributed by atoms with Crippen molar-refractivity contribution in [1.29, 1.82) is 0 Å². The SMILES string of the molecule is O=S(=O)(Nc1nc(-c2cccs2)cs1)c1ccc(Cl)cc1F. The van der Waals surface area contributed by atoms with Crippen LogP contribution in [0, 0.1) is 5.82 Å². The number of halogens is 2. The molecule has 0 amide bonds. The van der Waals surface area contributed by atoms with E-state index in [0.717, 1.165) is 28.3 Å². The number of anilines is 1. The van der Waals surface area contributed by atoms with Gasteiger partial charge in [-0.05, 0) is 29.6 Å². The van der Waals surface area contributed by atoms with E-state index in [4.69, 9.17) is 11.6 Å². The largest absolute Gasteiger partial charge is 0.266 e. The summed E-state index contributed by atoms with van der Waals surface area (Å²) < 4.78 is 40.4. The van der Waals surface area contributed by atoms with Gasteiger partial charge in [-0.1, -0.05) is 17.7 Å². The number of hydrogen-bond donors (Lipinski definition) is 1. The van der Waals surface area contributed by atoms with Gasteiger partial charge in [0, 0.05) is 10.4 Å². The van der Waals surface area contributed by atoms with Crippen molar-refractivity contribution in [2.45, 2.75) is 4.90 Å². The molecule has 0 aliphatic rings. The van der Waals surface area contributed by atoms with Gasteiger partial charge < -0.3 is 0 Å². The molecular weight excluding hydrogens is 367 g/mol. The Morgan fingerprint density at radius 3 is 2.73 bits per heavy atom. The highest BCUT2D eigenvalue weighted by molar-refractivity contribution is 7.93. The Kier molecular flexibility index (Phi) is 4.18. The first-order valence-corrected chi connectivity index (χ1v) is 9.55. The number of thiophene rings is 1. The lowest BCUT2D eigenvalue weighted by molar-refractivity contribution is 0.570. The highest BCUT2D eigenvalue weighted by atomic mass is 35.5. The zero-order valence-electron chi connectivity index (χ0n) is 10.8. The van der Waals surface area contributed by atoms with Crippen LogP contribution in [-0.4, -0.2) is 13.4 Å². The van der Waals surface area contributed by atoms with Crippen LogP contribution in [0.1, 0.15) is 0 Å². The fourth-order valence-electron chi connectivity index (χ4n) is 1.72. The average molecular weight is 375 g/mol. The second kappa shape index (κ2) is 5.96. The first-order chi connectivity index (χ1) is 10.5. The Hall–Kier alpha value is -1.48. The molecule has 0 radical (unpaired) electrons. The Bertz CT molecular complexity index is 907. The molecular formula is C13H8ClFN2O2S3. The van der Waals surface area contributed by atoms with Crippen LogP contribution >= 0.6 is 34.3 Å². The number of nitrogens with zero attached hydrogens (tertiary/aromatic N) is 1. The molecule has 3 aromatic rings. The molecule has 1 aromatic carbocycles. The topological polar surface area (TPSA) is 59.1 Å². The molecule has 114 valence electrons. The third-order valence-electron chi connectivity index (χ3n) is 2.68. The number of thiazole rings is 1. The van der Waals surface area contributed by atoms with Crippen LogP contribution in [0.5, 0.6) is 0 Å². The smallest absolute Gasteiger partial charge is 0.255 e. The molecule has 0 atom stereocenters. The predicted molar refractivity (Wildman–Crippen MR) is 87.6 cm³/mol. The summed E-state index contributed by atoms with van der Waals surface area (Å²) >= 11 is 8.26. The maximum atomic E-state index is 13.8. The summed E-state index contributed by atoms with van der Waals surface area (Å²) in [5, 5.41) is 3.95. The van der Waals surface area contributed by atoms with E-state index in [0.29, 0.717) is 5.69 Å². The minimum Gasteiger partial charge on any atom is -0.255 e. The molecule has 2 aromatic heterocycles. The van der Waals surface area contributed by atoms with E-state index in [9.17, 15) is 12.8 Å². The molecule has 0 aliphatic carbocycles. The van der Waals surface area contributed by atoms with Crippen molar-refractivity contribution in [2.24, 2.45) is 0 Å². The molecule has 4 nitrogen and oxygen atoms in total. The maximum absolute atomic E-state index is 13.8. The summed E-state index contributed by atoms with van der Waals surface area (Å²) in [5.74, 6) is -0.907. The van der Waals surface area contributed by atoms with E-state index in [1.807, 2.05) is 17.5 Å². The van der Waals surface area contributed by atoms with Gasteiger partial charge in [0.05, 0.1) is 10.6 Å². The van der Waals surface area contributed by atoms with Crippen molar-refractivity contribution in [2.75, 3.05) is 4.72 Å². The second-order valence-corrected chi connectivity index (χ2v) is 8.09. The molecule has 0 bridgehead atoms. The molecule has 3 rings (SSSR count). The minimum atomic E-state index is -4.05. The van der Waals surface area contributed by atoms with Crippen LogP contribution in [0.2, 0.25) is 5.02 Å². The van der Waals surface area contributed by atoms with Crippen molar-refractivity contribution < 1.29 is 12.8 Å². The Labute approximate surface area is 139 Å². The Morgan fingerprint density at radius 2 is 2.05 bits per heavy atom. The molecule has 0 aliphatic heterocycles. The monoisotopic (exact) mass is 374 g/mol. The number of rotatable bonds is 4. The van der Waals surface area contributed by atoms with Crippen molar-refractivity contribution in [3.63, 3.8) is 0 Å². The van der Waals surface area contributed by atoms with Gasteiger partial charge in [0.15, 0.2) is 5.13 Å². The average Bonchev–Trinajstić information content (AvgIpc) is 3.07. The summed E-state index contributed by atoms with van der Waals surface area (Å²) in [6.07, 6.45) is 0. The fourth-order valence-corrected chi connectivity index (χ4v) is 4.66. The predicted octanol–water partition coefficient (Wildman–Crippen LogP) is 4.46. The zero-order chi connectivity index (χ0) is 15.7. The van der Waals surface area contributed by atoms with E-state index >= 15 is 0 Å². The minimum absolute atomic E-state index is 0.130. The lowest BCUT2D eigenvalue weighted by Gasteiger charge is -2.06. The lowest BCUT2D eigenvalue weighted by Crippen LogP contribution is -2.14. The highest BCUT2D eigenvalue weighted by Gasteiger charge is 2.21. The van der Waals surface area contributed by atoms with Crippen LogP contribution < -0.4 is 4.72 Å². The Morgan fingerprint density at radius 1 is 1.23 bits per heavy atom. The maximum Gasteiger partial charge on any atom is 0.266 e. The fraction of sp³-hybridized carbons (Fsp3) is 0. The molecule has 9 heteroatoms. The van der Waals surface area contributed by atoms with E-state index in [1.54, 1.807) is 5.38 Å². The van der Waals surface area contributed by atoms with Gasteiger partial charge in [0.1, 0.15) is 10.7 Å². The van der Waals surface area contributed by atoms with Gasteiger partial charge in [-0.3, -0.25) is 4.72 Å². The van der Waals surface area contributed by atoms with Crippen LogP contribution in [0.15, 0.2) is 46.0 Å². The summed E-state index contributed by atoms with van der Waals surface area (Å²) in [6.45, 7) is 0. The first-order valence-electron chi connectivity index (χ1n) is 5.93. The Balaban J connectivity index is 1.89. The summed E-state index contributed by atoms with van der Waals surface area (Å²) in [4.78, 5) is 4.66. The molecule has 0 saturated heterocycles. The third kappa shape index (κ3) is 3.14. The van der Waals surface area contributed by atoms with E-state index in [1.165, 1.54) is 17.4 Å². The summed E-state index contributed by atoms with van der Waals surface area (Å²) in [5.41, 5.74) is 0.675. The van der Waals surface area contributed by atoms with Gasteiger partial charge >= 0.3 is 0 Å². The third-order valence-corrected chi connectivity index (χ3v) is 6.07. The summed E-state index contributed by atoms with van der Waals surface area (Å²) in [7, 11) is -4.05. The van der Waals surface area contributed by atoms with E-state index in [2.05, 4.69) is 9.71 Å². The number of aromatic nitrogens is 1. The van der Waals surface area contributed by atoms with Gasteiger partial charge in [-0.15, -0.1) is 22.7 Å².